The molecule has 5 rings (SSSR count). The summed E-state index contributed by atoms with van der Waals surface area (Å²) in [5, 5.41) is 20.3. The zero-order valence-corrected chi connectivity index (χ0v) is 22.2. The van der Waals surface area contributed by atoms with Gasteiger partial charge in [0.2, 0.25) is 0 Å². The van der Waals surface area contributed by atoms with E-state index < -0.39 is 5.44 Å². The van der Waals surface area contributed by atoms with Gasteiger partial charge in [-0.15, -0.1) is 5.53 Å². The smallest absolute Gasteiger partial charge is 0.148 e. The summed E-state index contributed by atoms with van der Waals surface area (Å²) in [7, 11) is 2.04. The lowest BCUT2D eigenvalue weighted by Gasteiger charge is -2.34. The number of anilines is 2. The number of hydrazine groups is 2. The third-order valence-electron chi connectivity index (χ3n) is 7.28. The molecule has 0 spiro atoms. The van der Waals surface area contributed by atoms with Crippen LogP contribution >= 0.6 is 11.6 Å². The fraction of sp³-hybridized carbons (Fsp3) is 0.333. The molecule has 1 aliphatic heterocycles. The van der Waals surface area contributed by atoms with E-state index in [1.807, 2.05) is 20.0 Å². The summed E-state index contributed by atoms with van der Waals surface area (Å²) in [5.74, 6) is -0.296. The normalized spacial score (nSPS) is 17.1. The largest absolute Gasteiger partial charge is 0.379 e. The van der Waals surface area contributed by atoms with Crippen LogP contribution in [0.25, 0.3) is 10.9 Å². The molecule has 1 unspecified atom stereocenters. The molecule has 2 heterocycles. The van der Waals surface area contributed by atoms with Crippen molar-refractivity contribution < 1.29 is 4.39 Å². The summed E-state index contributed by atoms with van der Waals surface area (Å²) >= 11 is 6.75. The molecule has 0 bridgehead atoms. The molecule has 2 aromatic carbocycles. The molecule has 1 saturated carbocycles. The number of nitrogens with zero attached hydrogens (tertiary/aromatic N) is 3. The third kappa shape index (κ3) is 4.91. The Morgan fingerprint density at radius 2 is 1.97 bits per heavy atom. The molecule has 1 atom stereocenters. The number of hydrogen-bond donors (Lipinski definition) is 4. The lowest BCUT2D eigenvalue weighted by Crippen LogP contribution is -2.45. The van der Waals surface area contributed by atoms with Gasteiger partial charge in [0.15, 0.2) is 0 Å². The summed E-state index contributed by atoms with van der Waals surface area (Å²) in [4.78, 5) is 4.48. The van der Waals surface area contributed by atoms with Crippen molar-refractivity contribution in [1.29, 1.82) is 5.26 Å². The summed E-state index contributed by atoms with van der Waals surface area (Å²) in [5.41, 5.74) is 9.81. The van der Waals surface area contributed by atoms with E-state index in [4.69, 9.17) is 11.6 Å². The number of benzene rings is 2. The number of rotatable bonds is 8. The van der Waals surface area contributed by atoms with Crippen LogP contribution in [0.3, 0.4) is 0 Å². The third-order valence-corrected chi connectivity index (χ3v) is 7.56. The van der Waals surface area contributed by atoms with Crippen LogP contribution in [0.15, 0.2) is 54.5 Å². The van der Waals surface area contributed by atoms with Crippen molar-refractivity contribution in [1.82, 2.24) is 21.0 Å². The molecule has 190 valence electrons. The van der Waals surface area contributed by atoms with Crippen molar-refractivity contribution in [3.8, 4) is 6.07 Å². The van der Waals surface area contributed by atoms with Gasteiger partial charge in [0, 0.05) is 35.1 Å². The Kier molecular flexibility index (Phi) is 6.42. The van der Waals surface area contributed by atoms with Gasteiger partial charge < -0.3 is 16.1 Å². The number of nitrogens with one attached hydrogen (secondary N) is 4. The molecule has 0 saturated heterocycles. The van der Waals surface area contributed by atoms with Gasteiger partial charge in [0.1, 0.15) is 19.7 Å². The SMILES string of the molecule is BC(Nc1cc(Cl)c2ncc(C#N)c(NC(C)(C)CC)c2c1)(C1=CN(C2CC2)NN1)c1ccc(F)cc1. The molecule has 10 heteroatoms. The molecule has 1 aliphatic carbocycles. The zero-order chi connectivity index (χ0) is 26.4. The first kappa shape index (κ1) is 25.2. The molecule has 7 nitrogen and oxygen atoms in total. The van der Waals surface area contributed by atoms with Gasteiger partial charge in [-0.2, -0.15) is 5.26 Å². The molecule has 1 aromatic heterocycles. The highest BCUT2D eigenvalue weighted by molar-refractivity contribution is 6.36. The highest BCUT2D eigenvalue weighted by Crippen LogP contribution is 2.39. The predicted molar refractivity (Wildman–Crippen MR) is 149 cm³/mol. The van der Waals surface area contributed by atoms with E-state index in [0.29, 0.717) is 27.8 Å². The molecular formula is C27H30BClFN7. The van der Waals surface area contributed by atoms with Crippen LogP contribution in [0.1, 0.15) is 51.2 Å². The minimum Gasteiger partial charge on any atom is -0.379 e. The van der Waals surface area contributed by atoms with Crippen LogP contribution in [0.2, 0.25) is 5.02 Å². The van der Waals surface area contributed by atoms with E-state index in [0.717, 1.165) is 41.6 Å². The topological polar surface area (TPSA) is 88.0 Å². The minimum atomic E-state index is -0.752. The Labute approximate surface area is 222 Å². The number of halogens is 2. The summed E-state index contributed by atoms with van der Waals surface area (Å²) in [6.45, 7) is 6.27. The first-order valence-electron chi connectivity index (χ1n) is 12.5. The Morgan fingerprint density at radius 3 is 2.62 bits per heavy atom. The first-order chi connectivity index (χ1) is 17.6. The van der Waals surface area contributed by atoms with Gasteiger partial charge in [0.25, 0.3) is 0 Å². The molecule has 3 aromatic rings. The van der Waals surface area contributed by atoms with Gasteiger partial charge >= 0.3 is 0 Å². The Hall–Kier alpha value is -3.48. The predicted octanol–water partition coefficient (Wildman–Crippen LogP) is 4.73. The highest BCUT2D eigenvalue weighted by Gasteiger charge is 2.38. The monoisotopic (exact) mass is 517 g/mol. The fourth-order valence-corrected chi connectivity index (χ4v) is 4.74. The molecule has 0 amide bonds. The molecule has 1 fully saturated rings. The maximum absolute atomic E-state index is 13.8. The van der Waals surface area contributed by atoms with Gasteiger partial charge in [-0.05, 0) is 62.9 Å². The fourth-order valence-electron chi connectivity index (χ4n) is 4.48. The number of aromatic nitrogens is 1. The van der Waals surface area contributed by atoms with Crippen LogP contribution in [0.4, 0.5) is 15.8 Å². The van der Waals surface area contributed by atoms with Gasteiger partial charge in [0.05, 0.1) is 32.9 Å². The van der Waals surface area contributed by atoms with Crippen molar-refractivity contribution in [3.05, 3.63) is 76.5 Å². The zero-order valence-electron chi connectivity index (χ0n) is 21.4. The summed E-state index contributed by atoms with van der Waals surface area (Å²) in [6, 6.07) is 13.0. The van der Waals surface area contributed by atoms with E-state index in [2.05, 4.69) is 64.6 Å². The van der Waals surface area contributed by atoms with Crippen LogP contribution in [0.5, 0.6) is 0 Å². The van der Waals surface area contributed by atoms with Crippen molar-refractivity contribution >= 4 is 41.7 Å². The average Bonchev–Trinajstić information content (AvgIpc) is 3.60. The summed E-state index contributed by atoms with van der Waals surface area (Å²) in [6.07, 6.45) is 6.75. The average molecular weight is 518 g/mol. The number of nitriles is 1. The Bertz CT molecular complexity index is 1420. The highest BCUT2D eigenvalue weighted by atomic mass is 35.5. The summed E-state index contributed by atoms with van der Waals surface area (Å²) < 4.78 is 13.8. The van der Waals surface area contributed by atoms with Gasteiger partial charge in [-0.1, -0.05) is 30.7 Å². The van der Waals surface area contributed by atoms with Crippen LogP contribution < -0.4 is 21.6 Å². The Morgan fingerprint density at radius 1 is 1.24 bits per heavy atom. The van der Waals surface area contributed by atoms with E-state index in [-0.39, 0.29) is 11.4 Å². The second-order valence-electron chi connectivity index (χ2n) is 10.6. The minimum absolute atomic E-state index is 0.241. The maximum atomic E-state index is 13.8. The second kappa shape index (κ2) is 9.44. The molecular weight excluding hydrogens is 488 g/mol. The molecule has 37 heavy (non-hydrogen) atoms. The van der Waals surface area contributed by atoms with Crippen molar-refractivity contribution in [2.75, 3.05) is 10.6 Å². The molecule has 2 aliphatic rings. The Balaban J connectivity index is 1.62. The number of hydrogen-bond acceptors (Lipinski definition) is 7. The van der Waals surface area contributed by atoms with Crippen molar-refractivity contribution in [2.24, 2.45) is 0 Å². The maximum Gasteiger partial charge on any atom is 0.148 e. The standard InChI is InChI=1S/C27H30BClFN7/c1-4-26(2,3)34-24-16(13-31)14-32-25-21(24)11-19(12-22(25)29)33-27(28,17-5-7-18(30)8-6-17)23-15-37(36-35-23)20-9-10-20/h5-8,11-12,14-15,20,33,35-36H,4,9-10,28H2,1-3H3,(H,32,34). The van der Waals surface area contributed by atoms with Crippen LogP contribution in [-0.4, -0.2) is 29.4 Å². The van der Waals surface area contributed by atoms with E-state index >= 15 is 0 Å². The van der Waals surface area contributed by atoms with E-state index in [9.17, 15) is 9.65 Å². The molecule has 4 N–H and O–H groups in total. The van der Waals surface area contributed by atoms with Crippen LogP contribution in [0, 0.1) is 17.1 Å². The molecule has 0 radical (unpaired) electrons. The lowest BCUT2D eigenvalue weighted by molar-refractivity contribution is 0.260. The van der Waals surface area contributed by atoms with E-state index in [1.54, 1.807) is 18.3 Å². The quantitative estimate of drug-likeness (QED) is 0.321. The van der Waals surface area contributed by atoms with Crippen LogP contribution in [-0.2, 0) is 5.44 Å². The van der Waals surface area contributed by atoms with Gasteiger partial charge in [-0.25, -0.2) is 4.39 Å². The second-order valence-corrected chi connectivity index (χ2v) is 11.0. The number of fused-ring (bicyclic) bond motifs is 1. The first-order valence-corrected chi connectivity index (χ1v) is 12.9. The van der Waals surface area contributed by atoms with E-state index in [1.165, 1.54) is 12.1 Å². The lowest BCUT2D eigenvalue weighted by atomic mass is 9.69. The van der Waals surface area contributed by atoms with Crippen molar-refractivity contribution in [2.45, 2.75) is 57.1 Å². The van der Waals surface area contributed by atoms with Gasteiger partial charge in [-0.3, -0.25) is 9.99 Å². The number of pyridine rings is 1. The van der Waals surface area contributed by atoms with Crippen molar-refractivity contribution in [3.63, 3.8) is 0 Å².